The molecule has 1 aliphatic rings. The van der Waals surface area contributed by atoms with Crippen LogP contribution in [0.1, 0.15) is 6.42 Å². The van der Waals surface area contributed by atoms with Gasteiger partial charge in [0.1, 0.15) is 12.7 Å². The first-order valence-corrected chi connectivity index (χ1v) is 6.79. The van der Waals surface area contributed by atoms with Gasteiger partial charge in [0.05, 0.1) is 23.5 Å². The summed E-state index contributed by atoms with van der Waals surface area (Å²) >= 11 is 0. The lowest BCUT2D eigenvalue weighted by molar-refractivity contribution is -0.118. The maximum Gasteiger partial charge on any atom is 0.241 e. The first-order chi connectivity index (χ1) is 10.3. The van der Waals surface area contributed by atoms with E-state index in [4.69, 9.17) is 4.74 Å². The number of carbonyl (C=O) groups excluding carboxylic acids is 1. The highest BCUT2D eigenvalue weighted by atomic mass is 16.5. The minimum absolute atomic E-state index is 0.0675. The van der Waals surface area contributed by atoms with Crippen LogP contribution in [-0.2, 0) is 9.53 Å². The van der Waals surface area contributed by atoms with Crippen LogP contribution in [0.15, 0.2) is 36.9 Å². The Balaban J connectivity index is 1.75. The molecule has 2 aromatic rings. The summed E-state index contributed by atoms with van der Waals surface area (Å²) in [6.45, 7) is 0.694. The van der Waals surface area contributed by atoms with E-state index in [0.29, 0.717) is 18.7 Å². The van der Waals surface area contributed by atoms with Crippen LogP contribution >= 0.6 is 0 Å². The zero-order valence-corrected chi connectivity index (χ0v) is 11.7. The third kappa shape index (κ3) is 2.93. The van der Waals surface area contributed by atoms with Gasteiger partial charge in [0.15, 0.2) is 0 Å². The van der Waals surface area contributed by atoms with Crippen molar-refractivity contribution in [1.29, 1.82) is 0 Å². The molecule has 0 aliphatic carbocycles. The van der Waals surface area contributed by atoms with E-state index in [2.05, 4.69) is 20.7 Å². The lowest BCUT2D eigenvalue weighted by Crippen LogP contribution is -2.35. The number of ether oxygens (including phenoxy) is 1. The highest BCUT2D eigenvalue weighted by molar-refractivity contribution is 5.96. The van der Waals surface area contributed by atoms with Gasteiger partial charge in [-0.15, -0.1) is 0 Å². The Hall–Kier alpha value is -2.25. The summed E-state index contributed by atoms with van der Waals surface area (Å²) in [6, 6.07) is 7.25. The van der Waals surface area contributed by atoms with E-state index in [-0.39, 0.29) is 18.1 Å². The number of rotatable bonds is 4. The molecule has 110 valence electrons. The van der Waals surface area contributed by atoms with Crippen LogP contribution in [0.25, 0.3) is 5.69 Å². The van der Waals surface area contributed by atoms with Crippen LogP contribution in [-0.4, -0.2) is 46.5 Å². The van der Waals surface area contributed by atoms with E-state index < -0.39 is 0 Å². The van der Waals surface area contributed by atoms with Crippen molar-refractivity contribution < 1.29 is 9.53 Å². The van der Waals surface area contributed by atoms with Gasteiger partial charge in [-0.1, -0.05) is 12.1 Å². The molecule has 1 aliphatic heterocycles. The number of amides is 1. The van der Waals surface area contributed by atoms with Crippen LogP contribution in [0.3, 0.4) is 0 Å². The van der Waals surface area contributed by atoms with E-state index in [9.17, 15) is 4.79 Å². The Labute approximate surface area is 122 Å². The lowest BCUT2D eigenvalue weighted by atomic mass is 10.2. The molecule has 0 saturated carbocycles. The van der Waals surface area contributed by atoms with Gasteiger partial charge >= 0.3 is 0 Å². The molecule has 0 spiro atoms. The number of methoxy groups -OCH3 is 1. The SMILES string of the molecule is COC1CNC(C(=O)Nc2ccccc2-n2cncn2)C1. The van der Waals surface area contributed by atoms with Crippen molar-refractivity contribution in [2.45, 2.75) is 18.6 Å². The summed E-state index contributed by atoms with van der Waals surface area (Å²) in [4.78, 5) is 16.3. The molecule has 1 saturated heterocycles. The van der Waals surface area contributed by atoms with Crippen molar-refractivity contribution in [3.05, 3.63) is 36.9 Å². The second kappa shape index (κ2) is 6.02. The van der Waals surface area contributed by atoms with Crippen LogP contribution < -0.4 is 10.6 Å². The largest absolute Gasteiger partial charge is 0.380 e. The van der Waals surface area contributed by atoms with Gasteiger partial charge in [-0.05, 0) is 18.6 Å². The molecule has 2 unspecified atom stereocenters. The number of nitrogens with zero attached hydrogens (tertiary/aromatic N) is 3. The summed E-state index contributed by atoms with van der Waals surface area (Å²) < 4.78 is 6.88. The number of para-hydroxylation sites is 2. The maximum atomic E-state index is 12.3. The van der Waals surface area contributed by atoms with Crippen molar-refractivity contribution in [3.8, 4) is 5.69 Å². The Bertz CT molecular complexity index is 614. The second-order valence-electron chi connectivity index (χ2n) is 4.90. The zero-order chi connectivity index (χ0) is 14.7. The quantitative estimate of drug-likeness (QED) is 0.860. The number of hydrogen-bond donors (Lipinski definition) is 2. The summed E-state index contributed by atoms with van der Waals surface area (Å²) in [5.74, 6) is -0.0675. The normalized spacial score (nSPS) is 21.4. The average molecular weight is 287 g/mol. The number of aromatic nitrogens is 3. The fraction of sp³-hybridized carbons (Fsp3) is 0.357. The first-order valence-electron chi connectivity index (χ1n) is 6.79. The molecule has 7 heteroatoms. The first kappa shape index (κ1) is 13.7. The smallest absolute Gasteiger partial charge is 0.241 e. The minimum atomic E-state index is -0.237. The molecule has 21 heavy (non-hydrogen) atoms. The van der Waals surface area contributed by atoms with Crippen molar-refractivity contribution in [2.24, 2.45) is 0 Å². The molecule has 1 aromatic heterocycles. The Morgan fingerprint density at radius 2 is 2.33 bits per heavy atom. The highest BCUT2D eigenvalue weighted by Crippen LogP contribution is 2.20. The molecular weight excluding hydrogens is 270 g/mol. The van der Waals surface area contributed by atoms with E-state index in [1.54, 1.807) is 18.1 Å². The van der Waals surface area contributed by atoms with Crippen molar-refractivity contribution in [2.75, 3.05) is 19.0 Å². The fourth-order valence-corrected chi connectivity index (χ4v) is 2.41. The van der Waals surface area contributed by atoms with Gasteiger partial charge in [-0.3, -0.25) is 4.79 Å². The summed E-state index contributed by atoms with van der Waals surface area (Å²) in [7, 11) is 1.66. The molecule has 1 aromatic carbocycles. The lowest BCUT2D eigenvalue weighted by Gasteiger charge is -2.14. The van der Waals surface area contributed by atoms with Crippen LogP contribution in [0.4, 0.5) is 5.69 Å². The number of anilines is 1. The predicted molar refractivity (Wildman–Crippen MR) is 77.2 cm³/mol. The molecule has 0 bridgehead atoms. The standard InChI is InChI=1S/C14H17N5O2/c1-21-10-6-12(16-7-10)14(20)18-11-4-2-3-5-13(11)19-9-15-8-17-19/h2-5,8-10,12,16H,6-7H2,1H3,(H,18,20). The monoisotopic (exact) mass is 287 g/mol. The summed E-state index contributed by atoms with van der Waals surface area (Å²) in [6.07, 6.45) is 3.82. The molecular formula is C14H17N5O2. The highest BCUT2D eigenvalue weighted by Gasteiger charge is 2.29. The minimum Gasteiger partial charge on any atom is -0.380 e. The molecule has 1 fully saturated rings. The predicted octanol–water partition coefficient (Wildman–Crippen LogP) is 0.583. The molecule has 7 nitrogen and oxygen atoms in total. The molecule has 1 amide bonds. The van der Waals surface area contributed by atoms with Gasteiger partial charge in [0.2, 0.25) is 5.91 Å². The number of hydrogen-bond acceptors (Lipinski definition) is 5. The van der Waals surface area contributed by atoms with E-state index in [1.807, 2.05) is 24.3 Å². The number of carbonyl (C=O) groups is 1. The van der Waals surface area contributed by atoms with E-state index >= 15 is 0 Å². The third-order valence-electron chi connectivity index (χ3n) is 3.57. The van der Waals surface area contributed by atoms with Gasteiger partial charge in [-0.25, -0.2) is 9.67 Å². The van der Waals surface area contributed by atoms with Gasteiger partial charge in [0, 0.05) is 13.7 Å². The number of benzene rings is 1. The van der Waals surface area contributed by atoms with Crippen LogP contribution in [0.2, 0.25) is 0 Å². The number of nitrogens with one attached hydrogen (secondary N) is 2. The zero-order valence-electron chi connectivity index (χ0n) is 11.7. The third-order valence-corrected chi connectivity index (χ3v) is 3.57. The van der Waals surface area contributed by atoms with E-state index in [0.717, 1.165) is 5.69 Å². The van der Waals surface area contributed by atoms with Crippen LogP contribution in [0, 0.1) is 0 Å². The van der Waals surface area contributed by atoms with Crippen molar-refractivity contribution in [3.63, 3.8) is 0 Å². The van der Waals surface area contributed by atoms with Crippen LogP contribution in [0.5, 0.6) is 0 Å². The molecule has 2 atom stereocenters. The summed E-state index contributed by atoms with van der Waals surface area (Å²) in [5, 5.41) is 10.2. The summed E-state index contributed by atoms with van der Waals surface area (Å²) in [5.41, 5.74) is 1.49. The fourth-order valence-electron chi connectivity index (χ4n) is 2.41. The Morgan fingerprint density at radius 3 is 3.05 bits per heavy atom. The second-order valence-corrected chi connectivity index (χ2v) is 4.90. The van der Waals surface area contributed by atoms with Gasteiger partial charge < -0.3 is 15.4 Å². The van der Waals surface area contributed by atoms with Gasteiger partial charge in [0.25, 0.3) is 0 Å². The molecule has 0 radical (unpaired) electrons. The Kier molecular flexibility index (Phi) is 3.94. The maximum absolute atomic E-state index is 12.3. The van der Waals surface area contributed by atoms with E-state index in [1.165, 1.54) is 6.33 Å². The average Bonchev–Trinajstić information content (AvgIpc) is 3.19. The molecule has 2 heterocycles. The topological polar surface area (TPSA) is 81.1 Å². The van der Waals surface area contributed by atoms with Crippen molar-refractivity contribution in [1.82, 2.24) is 20.1 Å². The molecule has 3 rings (SSSR count). The van der Waals surface area contributed by atoms with Crippen molar-refractivity contribution >= 4 is 11.6 Å². The Morgan fingerprint density at radius 1 is 1.48 bits per heavy atom. The van der Waals surface area contributed by atoms with Gasteiger partial charge in [-0.2, -0.15) is 5.10 Å². The molecule has 2 N–H and O–H groups in total.